The minimum absolute atomic E-state index is 0.0121. The zero-order valence-electron chi connectivity index (χ0n) is 10.5. The number of esters is 1. The minimum atomic E-state index is -0.611. The molecule has 0 aliphatic carbocycles. The van der Waals surface area contributed by atoms with Crippen LogP contribution in [0.25, 0.3) is 10.9 Å². The lowest BCUT2D eigenvalue weighted by atomic mass is 10.1. The molecule has 0 aliphatic heterocycles. The molecule has 5 heteroatoms. The van der Waals surface area contributed by atoms with Crippen molar-refractivity contribution in [2.24, 2.45) is 0 Å². The van der Waals surface area contributed by atoms with Gasteiger partial charge in [-0.25, -0.2) is 4.79 Å². The maximum Gasteiger partial charge on any atom is 0.343 e. The van der Waals surface area contributed by atoms with Crippen molar-refractivity contribution in [3.8, 4) is 0 Å². The molecular weight excluding hydrogens is 232 g/mol. The molecule has 0 atom stereocenters. The second-order valence-electron chi connectivity index (χ2n) is 4.02. The van der Waals surface area contributed by atoms with Gasteiger partial charge in [0.25, 0.3) is 0 Å². The third kappa shape index (κ3) is 1.99. The highest BCUT2D eigenvalue weighted by Gasteiger charge is 2.15. The van der Waals surface area contributed by atoms with Crippen LogP contribution < -0.4 is 5.43 Å². The molecule has 2 aromatic heterocycles. The lowest BCUT2D eigenvalue weighted by molar-refractivity contribution is 0.0524. The van der Waals surface area contributed by atoms with E-state index in [9.17, 15) is 9.59 Å². The zero-order valence-corrected chi connectivity index (χ0v) is 10.5. The number of hydrogen-bond donors (Lipinski definition) is 1. The lowest BCUT2D eigenvalue weighted by Gasteiger charge is -2.06. The van der Waals surface area contributed by atoms with E-state index in [4.69, 9.17) is 4.74 Å². The van der Waals surface area contributed by atoms with Crippen molar-refractivity contribution in [1.82, 2.24) is 9.97 Å². The summed E-state index contributed by atoms with van der Waals surface area (Å²) in [5, 5.41) is 0.436. The predicted octanol–water partition coefficient (Wildman–Crippen LogP) is 1.72. The molecule has 18 heavy (non-hydrogen) atoms. The number of nitrogens with zero attached hydrogens (tertiary/aromatic N) is 1. The molecule has 0 saturated heterocycles. The Labute approximate surface area is 104 Å². The fraction of sp³-hybridized carbons (Fsp3) is 0.308. The van der Waals surface area contributed by atoms with Gasteiger partial charge in [0.15, 0.2) is 0 Å². The largest absolute Gasteiger partial charge is 0.462 e. The standard InChI is InChI=1S/C13H14N2O3/c1-4-18-13(17)9-6-14-10-5-7(2)15-8(3)11(10)12(9)16/h5-6H,4H2,1-3H3,(H,14,16). The van der Waals surface area contributed by atoms with Crippen LogP contribution in [0.2, 0.25) is 0 Å². The van der Waals surface area contributed by atoms with Crippen LogP contribution in [0.15, 0.2) is 17.1 Å². The maximum atomic E-state index is 12.2. The predicted molar refractivity (Wildman–Crippen MR) is 67.8 cm³/mol. The van der Waals surface area contributed by atoms with E-state index in [0.717, 1.165) is 5.69 Å². The number of carbonyl (C=O) groups excluding carboxylic acids is 1. The van der Waals surface area contributed by atoms with E-state index >= 15 is 0 Å². The van der Waals surface area contributed by atoms with E-state index in [1.54, 1.807) is 19.9 Å². The van der Waals surface area contributed by atoms with Crippen molar-refractivity contribution in [1.29, 1.82) is 0 Å². The van der Waals surface area contributed by atoms with Crippen molar-refractivity contribution < 1.29 is 9.53 Å². The van der Waals surface area contributed by atoms with Gasteiger partial charge < -0.3 is 9.72 Å². The average molecular weight is 246 g/mol. The number of nitrogens with one attached hydrogen (secondary N) is 1. The molecule has 0 amide bonds. The van der Waals surface area contributed by atoms with E-state index in [-0.39, 0.29) is 17.6 Å². The van der Waals surface area contributed by atoms with Gasteiger partial charge >= 0.3 is 5.97 Å². The summed E-state index contributed by atoms with van der Waals surface area (Å²) >= 11 is 0. The molecule has 0 bridgehead atoms. The number of rotatable bonds is 2. The molecule has 5 nitrogen and oxygen atoms in total. The average Bonchev–Trinajstić information content (AvgIpc) is 2.28. The summed E-state index contributed by atoms with van der Waals surface area (Å²) in [6.07, 6.45) is 1.39. The van der Waals surface area contributed by atoms with E-state index in [1.807, 2.05) is 6.92 Å². The van der Waals surface area contributed by atoms with Crippen LogP contribution in [-0.4, -0.2) is 22.5 Å². The van der Waals surface area contributed by atoms with E-state index in [2.05, 4.69) is 9.97 Å². The molecule has 2 heterocycles. The molecule has 1 N–H and O–H groups in total. The third-order valence-corrected chi connectivity index (χ3v) is 2.67. The summed E-state index contributed by atoms with van der Waals surface area (Å²) in [5.74, 6) is -0.611. The first-order valence-electron chi connectivity index (χ1n) is 5.71. The molecule has 0 radical (unpaired) electrons. The fourth-order valence-electron chi connectivity index (χ4n) is 1.94. The number of aromatic amines is 1. The highest BCUT2D eigenvalue weighted by molar-refractivity contribution is 5.94. The Kier molecular flexibility index (Phi) is 3.14. The third-order valence-electron chi connectivity index (χ3n) is 2.67. The molecule has 0 aromatic carbocycles. The Morgan fingerprint density at radius 2 is 2.17 bits per heavy atom. The number of H-pyrrole nitrogens is 1. The van der Waals surface area contributed by atoms with Gasteiger partial charge in [0.1, 0.15) is 5.56 Å². The first kappa shape index (κ1) is 12.3. The molecule has 0 unspecified atom stereocenters. The van der Waals surface area contributed by atoms with Crippen LogP contribution in [0.1, 0.15) is 28.7 Å². The molecular formula is C13H14N2O3. The van der Waals surface area contributed by atoms with Crippen LogP contribution in [0, 0.1) is 13.8 Å². The molecule has 2 rings (SSSR count). The van der Waals surface area contributed by atoms with Crippen LogP contribution >= 0.6 is 0 Å². The minimum Gasteiger partial charge on any atom is -0.462 e. The summed E-state index contributed by atoms with van der Waals surface area (Å²) in [7, 11) is 0. The number of aromatic nitrogens is 2. The number of hydrogen-bond acceptors (Lipinski definition) is 4. The van der Waals surface area contributed by atoms with Gasteiger partial charge in [-0.15, -0.1) is 0 Å². The molecule has 94 valence electrons. The van der Waals surface area contributed by atoms with Crippen LogP contribution in [0.5, 0.6) is 0 Å². The number of fused-ring (bicyclic) bond motifs is 1. The summed E-state index contributed by atoms with van der Waals surface area (Å²) in [4.78, 5) is 31.0. The van der Waals surface area contributed by atoms with Gasteiger partial charge in [0, 0.05) is 11.9 Å². The lowest BCUT2D eigenvalue weighted by Crippen LogP contribution is -2.19. The number of ether oxygens (including phenoxy) is 1. The first-order valence-corrected chi connectivity index (χ1v) is 5.71. The summed E-state index contributed by atoms with van der Waals surface area (Å²) in [6, 6.07) is 1.78. The second kappa shape index (κ2) is 4.60. The van der Waals surface area contributed by atoms with Gasteiger partial charge in [0.05, 0.1) is 23.2 Å². The van der Waals surface area contributed by atoms with Gasteiger partial charge in [-0.05, 0) is 26.8 Å². The van der Waals surface area contributed by atoms with E-state index in [1.165, 1.54) is 6.20 Å². The second-order valence-corrected chi connectivity index (χ2v) is 4.02. The maximum absolute atomic E-state index is 12.2. The van der Waals surface area contributed by atoms with E-state index in [0.29, 0.717) is 16.6 Å². The Morgan fingerprint density at radius 3 is 2.83 bits per heavy atom. The van der Waals surface area contributed by atoms with Crippen molar-refractivity contribution in [3.05, 3.63) is 39.4 Å². The Morgan fingerprint density at radius 1 is 1.44 bits per heavy atom. The summed E-state index contributed by atoms with van der Waals surface area (Å²) < 4.78 is 4.84. The van der Waals surface area contributed by atoms with Gasteiger partial charge in [-0.1, -0.05) is 0 Å². The quantitative estimate of drug-likeness (QED) is 0.819. The van der Waals surface area contributed by atoms with E-state index < -0.39 is 5.97 Å². The molecule has 0 saturated carbocycles. The fourth-order valence-corrected chi connectivity index (χ4v) is 1.94. The van der Waals surface area contributed by atoms with Crippen molar-refractivity contribution in [2.45, 2.75) is 20.8 Å². The number of pyridine rings is 2. The van der Waals surface area contributed by atoms with Crippen LogP contribution in [-0.2, 0) is 4.74 Å². The normalized spacial score (nSPS) is 10.6. The molecule has 0 aliphatic rings. The molecule has 0 fully saturated rings. The monoisotopic (exact) mass is 246 g/mol. The molecule has 2 aromatic rings. The highest BCUT2D eigenvalue weighted by atomic mass is 16.5. The Hall–Kier alpha value is -2.17. The zero-order chi connectivity index (χ0) is 13.3. The summed E-state index contributed by atoms with van der Waals surface area (Å²) in [5.41, 5.74) is 1.78. The Bertz CT molecular complexity index is 674. The topological polar surface area (TPSA) is 72.1 Å². The number of carbonyl (C=O) groups is 1. The smallest absolute Gasteiger partial charge is 0.343 e. The van der Waals surface area contributed by atoms with Crippen LogP contribution in [0.3, 0.4) is 0 Å². The van der Waals surface area contributed by atoms with Crippen molar-refractivity contribution >= 4 is 16.9 Å². The van der Waals surface area contributed by atoms with Crippen molar-refractivity contribution in [3.63, 3.8) is 0 Å². The highest BCUT2D eigenvalue weighted by Crippen LogP contribution is 2.13. The van der Waals surface area contributed by atoms with Gasteiger partial charge in [-0.3, -0.25) is 9.78 Å². The SMILES string of the molecule is CCOC(=O)c1c[nH]c2cc(C)nc(C)c2c1=O. The Balaban J connectivity index is 2.72. The van der Waals surface area contributed by atoms with Gasteiger partial charge in [0.2, 0.25) is 5.43 Å². The van der Waals surface area contributed by atoms with Crippen molar-refractivity contribution in [2.75, 3.05) is 6.61 Å². The summed E-state index contributed by atoms with van der Waals surface area (Å²) in [6.45, 7) is 5.54. The number of aryl methyl sites for hydroxylation is 2. The molecule has 0 spiro atoms. The van der Waals surface area contributed by atoms with Crippen LogP contribution in [0.4, 0.5) is 0 Å². The van der Waals surface area contributed by atoms with Gasteiger partial charge in [-0.2, -0.15) is 0 Å². The first-order chi connectivity index (χ1) is 8.54.